The second-order valence-electron chi connectivity index (χ2n) is 11.9. The van der Waals surface area contributed by atoms with E-state index in [1.807, 2.05) is 49.1 Å². The van der Waals surface area contributed by atoms with E-state index in [1.54, 1.807) is 11.3 Å². The molecular weight excluding hydrogens is 550 g/mol. The number of likely N-dealkylation sites (tertiary alicyclic amines) is 1. The quantitative estimate of drug-likeness (QED) is 0.337. The van der Waals surface area contributed by atoms with Crippen molar-refractivity contribution in [3.05, 3.63) is 64.0 Å². The Balaban J connectivity index is 1.14. The number of aryl methyl sites for hydroxylation is 2. The molecule has 2 bridgehead atoms. The summed E-state index contributed by atoms with van der Waals surface area (Å²) in [4.78, 5) is 34.0. The van der Waals surface area contributed by atoms with E-state index in [4.69, 9.17) is 14.5 Å². The zero-order chi connectivity index (χ0) is 29.4. The summed E-state index contributed by atoms with van der Waals surface area (Å²) >= 11 is 1.61. The van der Waals surface area contributed by atoms with Crippen molar-refractivity contribution in [2.45, 2.75) is 52.7 Å². The molecule has 2 aromatic carbocycles. The van der Waals surface area contributed by atoms with Crippen LogP contribution >= 0.6 is 11.3 Å². The molecule has 1 saturated carbocycles. The fourth-order valence-electron chi connectivity index (χ4n) is 6.90. The summed E-state index contributed by atoms with van der Waals surface area (Å²) in [5.41, 5.74) is 5.69. The average Bonchev–Trinajstić information content (AvgIpc) is 3.71. The normalized spacial score (nSPS) is 23.4. The number of carboxylic acid groups (broad SMARTS) is 1. The summed E-state index contributed by atoms with van der Waals surface area (Å²) in [6, 6.07) is 12.0. The highest BCUT2D eigenvalue weighted by Crippen LogP contribution is 2.44. The van der Waals surface area contributed by atoms with Crippen molar-refractivity contribution >= 4 is 28.3 Å². The Kier molecular flexibility index (Phi) is 8.23. The Labute approximate surface area is 251 Å². The lowest BCUT2D eigenvalue weighted by Crippen LogP contribution is -2.44. The summed E-state index contributed by atoms with van der Waals surface area (Å²) in [6.45, 7) is 9.99. The number of benzene rings is 2. The highest BCUT2D eigenvalue weighted by Gasteiger charge is 2.46. The van der Waals surface area contributed by atoms with E-state index in [9.17, 15) is 14.7 Å². The molecule has 3 heterocycles. The highest BCUT2D eigenvalue weighted by molar-refractivity contribution is 7.14. The number of carboxylic acids is 1. The first-order chi connectivity index (χ1) is 20.3. The Morgan fingerprint density at radius 1 is 1.05 bits per heavy atom. The van der Waals surface area contributed by atoms with Crippen molar-refractivity contribution in [3.63, 3.8) is 0 Å². The molecule has 1 N–H and O–H groups in total. The highest BCUT2D eigenvalue weighted by atomic mass is 32.1. The van der Waals surface area contributed by atoms with E-state index >= 15 is 0 Å². The standard InChI is InChI=1S/C33H39N3O5S/c1-4-40-26-11-12-35(17-26)31(37)22-6-9-25(21(3)14-22)18-41-29-10-5-20(2)13-27(29)28-19-42-33(34-28)36-15-23-7-8-24(16-36)30(23)32(38)39/h5-6,9-10,13-14,19,23-24,26,30H,4,7-8,11-12,15-18H2,1-3H3,(H,38,39)/t23-,24+,26?,30?. The number of aliphatic carboxylic acids is 1. The molecule has 0 spiro atoms. The van der Waals surface area contributed by atoms with Gasteiger partial charge in [0.15, 0.2) is 5.13 Å². The van der Waals surface area contributed by atoms with Crippen LogP contribution < -0.4 is 9.64 Å². The summed E-state index contributed by atoms with van der Waals surface area (Å²) in [5.74, 6) is 0.328. The first-order valence-corrected chi connectivity index (χ1v) is 15.9. The second kappa shape index (κ2) is 12.1. The molecule has 2 unspecified atom stereocenters. The van der Waals surface area contributed by atoms with Gasteiger partial charge in [0.1, 0.15) is 12.4 Å². The Bertz CT molecular complexity index is 1460. The molecule has 9 heteroatoms. The van der Waals surface area contributed by atoms with Crippen LogP contribution in [0, 0.1) is 31.6 Å². The zero-order valence-corrected chi connectivity index (χ0v) is 25.4. The predicted octanol–water partition coefficient (Wildman–Crippen LogP) is 5.80. The van der Waals surface area contributed by atoms with Gasteiger partial charge in [-0.3, -0.25) is 9.59 Å². The number of rotatable bonds is 9. The van der Waals surface area contributed by atoms with Crippen LogP contribution in [0.4, 0.5) is 5.13 Å². The minimum atomic E-state index is -0.651. The number of piperidine rings is 1. The van der Waals surface area contributed by atoms with E-state index in [2.05, 4.69) is 23.3 Å². The predicted molar refractivity (Wildman–Crippen MR) is 163 cm³/mol. The molecule has 1 aliphatic carbocycles. The van der Waals surface area contributed by atoms with Crippen molar-refractivity contribution in [1.29, 1.82) is 0 Å². The molecule has 2 saturated heterocycles. The summed E-state index contributed by atoms with van der Waals surface area (Å²) in [6.07, 6.45) is 2.97. The molecule has 222 valence electrons. The third-order valence-corrected chi connectivity index (χ3v) is 10.0. The van der Waals surface area contributed by atoms with Crippen LogP contribution in [0.3, 0.4) is 0 Å². The number of fused-ring (bicyclic) bond motifs is 2. The molecule has 3 fully saturated rings. The molecule has 42 heavy (non-hydrogen) atoms. The lowest BCUT2D eigenvalue weighted by molar-refractivity contribution is -0.144. The molecular formula is C33H39N3O5S. The molecule has 0 radical (unpaired) electrons. The van der Waals surface area contributed by atoms with Crippen LogP contribution in [0.15, 0.2) is 41.8 Å². The van der Waals surface area contributed by atoms with Crippen LogP contribution in [0.5, 0.6) is 5.75 Å². The van der Waals surface area contributed by atoms with Crippen LogP contribution in [-0.4, -0.2) is 65.8 Å². The molecule has 8 nitrogen and oxygen atoms in total. The molecule has 2 aliphatic heterocycles. The third kappa shape index (κ3) is 5.77. The van der Waals surface area contributed by atoms with E-state index in [0.717, 1.165) is 77.7 Å². The van der Waals surface area contributed by atoms with E-state index in [-0.39, 0.29) is 29.8 Å². The smallest absolute Gasteiger partial charge is 0.307 e. The summed E-state index contributed by atoms with van der Waals surface area (Å²) in [5, 5.41) is 12.7. The topological polar surface area (TPSA) is 92.2 Å². The third-order valence-electron chi connectivity index (χ3n) is 9.10. The average molecular weight is 590 g/mol. The Morgan fingerprint density at radius 3 is 2.55 bits per heavy atom. The van der Waals surface area contributed by atoms with Crippen molar-refractivity contribution in [3.8, 4) is 17.0 Å². The largest absolute Gasteiger partial charge is 0.488 e. The molecule has 1 amide bonds. The number of ether oxygens (including phenoxy) is 2. The number of hydrogen-bond donors (Lipinski definition) is 1. The van der Waals surface area contributed by atoms with Crippen LogP contribution in [0.1, 0.15) is 53.2 Å². The van der Waals surface area contributed by atoms with Gasteiger partial charge in [0.05, 0.1) is 17.7 Å². The number of nitrogens with zero attached hydrogens (tertiary/aromatic N) is 3. The first kappa shape index (κ1) is 28.7. The number of hydrogen-bond acceptors (Lipinski definition) is 7. The minimum absolute atomic E-state index is 0.0492. The maximum atomic E-state index is 13.1. The van der Waals surface area contributed by atoms with Gasteiger partial charge in [-0.2, -0.15) is 0 Å². The second-order valence-corrected chi connectivity index (χ2v) is 12.8. The van der Waals surface area contributed by atoms with Gasteiger partial charge in [-0.15, -0.1) is 11.3 Å². The maximum Gasteiger partial charge on any atom is 0.307 e. The molecule has 6 rings (SSSR count). The maximum absolute atomic E-state index is 13.1. The van der Waals surface area contributed by atoms with Crippen LogP contribution in [0.25, 0.3) is 11.3 Å². The zero-order valence-electron chi connectivity index (χ0n) is 24.5. The van der Waals surface area contributed by atoms with Gasteiger partial charge in [-0.05, 0) is 87.3 Å². The van der Waals surface area contributed by atoms with Gasteiger partial charge in [-0.25, -0.2) is 4.98 Å². The van der Waals surface area contributed by atoms with Gasteiger partial charge >= 0.3 is 5.97 Å². The number of aromatic nitrogens is 1. The summed E-state index contributed by atoms with van der Waals surface area (Å²) in [7, 11) is 0. The van der Waals surface area contributed by atoms with Gasteiger partial charge in [0.25, 0.3) is 5.91 Å². The van der Waals surface area contributed by atoms with E-state index in [0.29, 0.717) is 25.3 Å². The lowest BCUT2D eigenvalue weighted by Gasteiger charge is -2.35. The van der Waals surface area contributed by atoms with Crippen LogP contribution in [-0.2, 0) is 16.1 Å². The number of anilines is 1. The number of carbonyl (C=O) groups excluding carboxylic acids is 1. The van der Waals surface area contributed by atoms with Crippen molar-refractivity contribution < 1.29 is 24.2 Å². The molecule has 3 aromatic rings. The van der Waals surface area contributed by atoms with E-state index < -0.39 is 5.97 Å². The fourth-order valence-corrected chi connectivity index (χ4v) is 7.74. The van der Waals surface area contributed by atoms with Gasteiger partial charge in [0, 0.05) is 49.3 Å². The Hall–Kier alpha value is -3.43. The minimum Gasteiger partial charge on any atom is -0.488 e. The Morgan fingerprint density at radius 2 is 1.83 bits per heavy atom. The van der Waals surface area contributed by atoms with Gasteiger partial charge in [-0.1, -0.05) is 17.7 Å². The molecule has 1 aromatic heterocycles. The number of thiazole rings is 1. The SMILES string of the molecule is CCOC1CCN(C(=O)c2ccc(COc3ccc(C)cc3-c3csc(N4C[C@H]5CC[C@@H](C4)C5C(=O)O)n3)c(C)c2)C1. The number of carbonyl (C=O) groups is 2. The molecule has 3 aliphatic rings. The fraction of sp³-hybridized carbons (Fsp3) is 0.485. The van der Waals surface area contributed by atoms with Crippen molar-refractivity contribution in [2.24, 2.45) is 17.8 Å². The molecule has 4 atom stereocenters. The number of amides is 1. The summed E-state index contributed by atoms with van der Waals surface area (Å²) < 4.78 is 12.1. The first-order valence-electron chi connectivity index (χ1n) is 15.0. The lowest BCUT2D eigenvalue weighted by atomic mass is 9.85. The van der Waals surface area contributed by atoms with E-state index in [1.165, 1.54) is 0 Å². The monoisotopic (exact) mass is 589 g/mol. The van der Waals surface area contributed by atoms with Gasteiger partial charge in [0.2, 0.25) is 0 Å². The van der Waals surface area contributed by atoms with Crippen molar-refractivity contribution in [1.82, 2.24) is 9.88 Å². The van der Waals surface area contributed by atoms with Crippen LogP contribution in [0.2, 0.25) is 0 Å². The van der Waals surface area contributed by atoms with Crippen molar-refractivity contribution in [2.75, 3.05) is 37.7 Å². The van der Waals surface area contributed by atoms with Gasteiger partial charge < -0.3 is 24.4 Å².